The maximum atomic E-state index is 5.98. The summed E-state index contributed by atoms with van der Waals surface area (Å²) in [6, 6.07) is 3.72. The van der Waals surface area contributed by atoms with Crippen LogP contribution in [0, 0.1) is 6.92 Å². The van der Waals surface area contributed by atoms with Gasteiger partial charge >= 0.3 is 0 Å². The van der Waals surface area contributed by atoms with Crippen molar-refractivity contribution in [3.63, 3.8) is 0 Å². The molecule has 0 aromatic carbocycles. The molecule has 4 heteroatoms. The average molecular weight is 196 g/mol. The van der Waals surface area contributed by atoms with Crippen molar-refractivity contribution in [1.82, 2.24) is 9.38 Å². The number of imidazole rings is 1. The van der Waals surface area contributed by atoms with Crippen molar-refractivity contribution in [2.24, 2.45) is 5.73 Å². The highest BCUT2D eigenvalue weighted by molar-refractivity contribution is 6.33. The third-order valence-electron chi connectivity index (χ3n) is 2.13. The number of aryl methyl sites for hydroxylation is 1. The third-order valence-corrected chi connectivity index (χ3v) is 2.43. The summed E-state index contributed by atoms with van der Waals surface area (Å²) in [6.07, 6.45) is 1.93. The minimum absolute atomic E-state index is 0.448. The first kappa shape index (κ1) is 8.53. The van der Waals surface area contributed by atoms with Crippen LogP contribution in [-0.2, 0) is 6.54 Å². The summed E-state index contributed by atoms with van der Waals surface area (Å²) in [6.45, 7) is 2.43. The number of rotatable bonds is 1. The maximum Gasteiger partial charge on any atom is 0.156 e. The number of fused-ring (bicyclic) bond motifs is 1. The van der Waals surface area contributed by atoms with Gasteiger partial charge in [-0.15, -0.1) is 0 Å². The number of nitrogens with zero attached hydrogens (tertiary/aromatic N) is 2. The fourth-order valence-corrected chi connectivity index (χ4v) is 1.60. The molecule has 0 fully saturated rings. The van der Waals surface area contributed by atoms with Crippen molar-refractivity contribution >= 4 is 17.2 Å². The molecule has 0 spiro atoms. The standard InChI is InChI=1S/C9H10ClN3/c1-6-8(5-11)12-9-7(10)3-2-4-13(6)9/h2-4H,5,11H2,1H3. The predicted molar refractivity (Wildman–Crippen MR) is 52.8 cm³/mol. The zero-order valence-corrected chi connectivity index (χ0v) is 8.04. The Balaban J connectivity index is 2.83. The topological polar surface area (TPSA) is 43.3 Å². The van der Waals surface area contributed by atoms with Gasteiger partial charge in [0.1, 0.15) is 0 Å². The molecular weight excluding hydrogens is 186 g/mol. The van der Waals surface area contributed by atoms with Crippen LogP contribution in [-0.4, -0.2) is 9.38 Å². The van der Waals surface area contributed by atoms with E-state index in [1.54, 1.807) is 0 Å². The van der Waals surface area contributed by atoms with Crippen LogP contribution >= 0.6 is 11.6 Å². The van der Waals surface area contributed by atoms with E-state index in [-0.39, 0.29) is 0 Å². The lowest BCUT2D eigenvalue weighted by molar-refractivity contribution is 0.982. The monoisotopic (exact) mass is 195 g/mol. The maximum absolute atomic E-state index is 5.98. The Morgan fingerprint density at radius 2 is 2.38 bits per heavy atom. The van der Waals surface area contributed by atoms with Crippen molar-refractivity contribution in [2.45, 2.75) is 13.5 Å². The minimum Gasteiger partial charge on any atom is -0.325 e. The number of aromatic nitrogens is 2. The fraction of sp³-hybridized carbons (Fsp3) is 0.222. The van der Waals surface area contributed by atoms with E-state index in [2.05, 4.69) is 4.98 Å². The Kier molecular flexibility index (Phi) is 1.98. The molecule has 0 aliphatic carbocycles. The SMILES string of the molecule is Cc1c(CN)nc2c(Cl)cccn12. The summed E-state index contributed by atoms with van der Waals surface area (Å²) >= 11 is 5.98. The van der Waals surface area contributed by atoms with Crippen LogP contribution < -0.4 is 5.73 Å². The quantitative estimate of drug-likeness (QED) is 0.754. The molecule has 3 nitrogen and oxygen atoms in total. The molecule has 0 amide bonds. The van der Waals surface area contributed by atoms with Gasteiger partial charge in [-0.1, -0.05) is 11.6 Å². The highest BCUT2D eigenvalue weighted by Gasteiger charge is 2.07. The van der Waals surface area contributed by atoms with E-state index in [0.29, 0.717) is 11.6 Å². The molecule has 0 atom stereocenters. The molecule has 0 bridgehead atoms. The van der Waals surface area contributed by atoms with Gasteiger partial charge in [0, 0.05) is 18.4 Å². The number of halogens is 1. The Bertz CT molecular complexity index is 447. The van der Waals surface area contributed by atoms with Gasteiger partial charge in [0.2, 0.25) is 0 Å². The first-order chi connectivity index (χ1) is 6.24. The molecule has 0 aliphatic rings. The Morgan fingerprint density at radius 3 is 3.00 bits per heavy atom. The molecule has 2 heterocycles. The molecule has 0 unspecified atom stereocenters. The highest BCUT2D eigenvalue weighted by Crippen LogP contribution is 2.18. The van der Waals surface area contributed by atoms with Gasteiger partial charge in [0.05, 0.1) is 10.7 Å². The van der Waals surface area contributed by atoms with Gasteiger partial charge in [0.25, 0.3) is 0 Å². The lowest BCUT2D eigenvalue weighted by Crippen LogP contribution is -1.98. The van der Waals surface area contributed by atoms with Gasteiger partial charge < -0.3 is 10.1 Å². The second-order valence-electron chi connectivity index (χ2n) is 2.90. The summed E-state index contributed by atoms with van der Waals surface area (Å²) in [5.74, 6) is 0. The highest BCUT2D eigenvalue weighted by atomic mass is 35.5. The number of nitrogens with two attached hydrogens (primary N) is 1. The zero-order valence-electron chi connectivity index (χ0n) is 7.29. The molecule has 68 valence electrons. The first-order valence-corrected chi connectivity index (χ1v) is 4.44. The Labute approximate surface area is 81.1 Å². The normalized spacial score (nSPS) is 11.0. The van der Waals surface area contributed by atoms with Gasteiger partial charge in [-0.05, 0) is 19.1 Å². The van der Waals surface area contributed by atoms with Crippen molar-refractivity contribution in [1.29, 1.82) is 0 Å². The van der Waals surface area contributed by atoms with E-state index < -0.39 is 0 Å². The van der Waals surface area contributed by atoms with Crippen LogP contribution in [0.4, 0.5) is 0 Å². The zero-order chi connectivity index (χ0) is 9.42. The van der Waals surface area contributed by atoms with E-state index >= 15 is 0 Å². The van der Waals surface area contributed by atoms with Crippen LogP contribution in [0.15, 0.2) is 18.3 Å². The molecule has 2 aromatic heterocycles. The third kappa shape index (κ3) is 1.20. The second kappa shape index (κ2) is 3.01. The number of pyridine rings is 1. The number of hydrogen-bond donors (Lipinski definition) is 1. The van der Waals surface area contributed by atoms with Crippen molar-refractivity contribution in [2.75, 3.05) is 0 Å². The summed E-state index contributed by atoms with van der Waals surface area (Å²) in [5, 5.41) is 0.658. The summed E-state index contributed by atoms with van der Waals surface area (Å²) in [4.78, 5) is 4.34. The van der Waals surface area contributed by atoms with Crippen molar-refractivity contribution in [3.8, 4) is 0 Å². The van der Waals surface area contributed by atoms with Crippen LogP contribution in [0.5, 0.6) is 0 Å². The molecule has 0 saturated carbocycles. The molecule has 2 aromatic rings. The molecule has 0 radical (unpaired) electrons. The molecule has 2 rings (SSSR count). The molecule has 13 heavy (non-hydrogen) atoms. The molecular formula is C9H10ClN3. The lowest BCUT2D eigenvalue weighted by atomic mass is 10.3. The van der Waals surface area contributed by atoms with Crippen molar-refractivity contribution < 1.29 is 0 Å². The first-order valence-electron chi connectivity index (χ1n) is 4.06. The summed E-state index contributed by atoms with van der Waals surface area (Å²) in [7, 11) is 0. The lowest BCUT2D eigenvalue weighted by Gasteiger charge is -1.96. The Hall–Kier alpha value is -1.06. The van der Waals surface area contributed by atoms with Crippen LogP contribution in [0.1, 0.15) is 11.4 Å². The smallest absolute Gasteiger partial charge is 0.156 e. The van der Waals surface area contributed by atoms with Gasteiger partial charge in [-0.2, -0.15) is 0 Å². The van der Waals surface area contributed by atoms with Gasteiger partial charge in [-0.3, -0.25) is 0 Å². The van der Waals surface area contributed by atoms with E-state index in [1.807, 2.05) is 29.7 Å². The molecule has 2 N–H and O–H groups in total. The van der Waals surface area contributed by atoms with Crippen molar-refractivity contribution in [3.05, 3.63) is 34.7 Å². The minimum atomic E-state index is 0.448. The molecule has 0 aliphatic heterocycles. The summed E-state index contributed by atoms with van der Waals surface area (Å²) in [5.41, 5.74) is 8.28. The second-order valence-corrected chi connectivity index (χ2v) is 3.30. The van der Waals surface area contributed by atoms with Gasteiger partial charge in [0.15, 0.2) is 5.65 Å². The van der Waals surface area contributed by atoms with Gasteiger partial charge in [-0.25, -0.2) is 4.98 Å². The average Bonchev–Trinajstić information content (AvgIpc) is 2.45. The van der Waals surface area contributed by atoms with E-state index in [1.165, 1.54) is 0 Å². The van der Waals surface area contributed by atoms with E-state index in [9.17, 15) is 0 Å². The van der Waals surface area contributed by atoms with E-state index in [0.717, 1.165) is 17.0 Å². The van der Waals surface area contributed by atoms with Crippen LogP contribution in [0.2, 0.25) is 5.02 Å². The predicted octanol–water partition coefficient (Wildman–Crippen LogP) is 1.75. The Morgan fingerprint density at radius 1 is 1.62 bits per heavy atom. The number of hydrogen-bond acceptors (Lipinski definition) is 2. The fourth-order valence-electron chi connectivity index (χ4n) is 1.39. The van der Waals surface area contributed by atoms with Crippen LogP contribution in [0.25, 0.3) is 5.65 Å². The molecule has 0 saturated heterocycles. The summed E-state index contributed by atoms with van der Waals surface area (Å²) < 4.78 is 1.95. The largest absolute Gasteiger partial charge is 0.325 e. The van der Waals surface area contributed by atoms with E-state index in [4.69, 9.17) is 17.3 Å². The van der Waals surface area contributed by atoms with Crippen LogP contribution in [0.3, 0.4) is 0 Å².